The lowest BCUT2D eigenvalue weighted by molar-refractivity contribution is -0.117. The summed E-state index contributed by atoms with van der Waals surface area (Å²) < 4.78 is 6.00. The highest BCUT2D eigenvalue weighted by atomic mass is 16.5. The van der Waals surface area contributed by atoms with E-state index in [2.05, 4.69) is 31.2 Å². The summed E-state index contributed by atoms with van der Waals surface area (Å²) in [5, 5.41) is 0. The Balaban J connectivity index is 1.84. The quantitative estimate of drug-likeness (QED) is 0.789. The minimum absolute atomic E-state index is 0.0731. The van der Waals surface area contributed by atoms with Crippen molar-refractivity contribution in [3.63, 3.8) is 0 Å². The Bertz CT molecular complexity index is 745. The fourth-order valence-corrected chi connectivity index (χ4v) is 3.28. The van der Waals surface area contributed by atoms with Crippen LogP contribution in [0.25, 0.3) is 11.1 Å². The van der Waals surface area contributed by atoms with Crippen LogP contribution < -0.4 is 4.74 Å². The molecule has 2 aromatic rings. The van der Waals surface area contributed by atoms with Gasteiger partial charge in [-0.15, -0.1) is 0 Å². The van der Waals surface area contributed by atoms with Crippen molar-refractivity contribution in [2.45, 2.75) is 24.9 Å². The minimum Gasteiger partial charge on any atom is -0.488 e. The summed E-state index contributed by atoms with van der Waals surface area (Å²) in [5.41, 5.74) is 3.36. The van der Waals surface area contributed by atoms with Crippen LogP contribution in [0.5, 0.6) is 5.75 Å². The van der Waals surface area contributed by atoms with Crippen LogP contribution in [-0.2, 0) is 10.2 Å². The first-order chi connectivity index (χ1) is 10.2. The molecule has 21 heavy (non-hydrogen) atoms. The van der Waals surface area contributed by atoms with Crippen LogP contribution in [0.3, 0.4) is 0 Å². The van der Waals surface area contributed by atoms with E-state index in [0.29, 0.717) is 6.42 Å². The third kappa shape index (κ3) is 1.83. The molecule has 0 spiro atoms. The third-order valence-corrected chi connectivity index (χ3v) is 4.61. The number of allylic oxidation sites excluding steroid dienone is 1. The average molecular weight is 276 g/mol. The molecule has 0 N–H and O–H groups in total. The number of hydrogen-bond donors (Lipinski definition) is 0. The molecule has 0 amide bonds. The highest BCUT2D eigenvalue weighted by molar-refractivity contribution is 5.92. The van der Waals surface area contributed by atoms with Crippen LogP contribution in [0.1, 0.15) is 18.9 Å². The molecule has 2 nitrogen and oxygen atoms in total. The molecule has 2 unspecified atom stereocenters. The molecule has 104 valence electrons. The first kappa shape index (κ1) is 12.4. The Kier molecular flexibility index (Phi) is 2.55. The number of carbonyl (C=O) groups is 1. The second-order valence-electron chi connectivity index (χ2n) is 5.97. The molecule has 4 rings (SSSR count). The van der Waals surface area contributed by atoms with Gasteiger partial charge >= 0.3 is 0 Å². The lowest BCUT2D eigenvalue weighted by Crippen LogP contribution is -2.38. The zero-order valence-electron chi connectivity index (χ0n) is 11.9. The van der Waals surface area contributed by atoms with Gasteiger partial charge in [0.2, 0.25) is 0 Å². The van der Waals surface area contributed by atoms with Crippen molar-refractivity contribution in [1.82, 2.24) is 0 Å². The number of ketones is 1. The topological polar surface area (TPSA) is 26.3 Å². The summed E-state index contributed by atoms with van der Waals surface area (Å²) in [6, 6.07) is 16.6. The Morgan fingerprint density at radius 3 is 2.71 bits per heavy atom. The number of benzene rings is 2. The summed E-state index contributed by atoms with van der Waals surface area (Å²) >= 11 is 0. The maximum atomic E-state index is 11.6. The predicted molar refractivity (Wildman–Crippen MR) is 82.4 cm³/mol. The largest absolute Gasteiger partial charge is 0.488 e. The molecule has 2 aromatic carbocycles. The smallest absolute Gasteiger partial charge is 0.159 e. The molecule has 1 heterocycles. The molecular formula is C19H16O2. The molecular weight excluding hydrogens is 260 g/mol. The summed E-state index contributed by atoms with van der Waals surface area (Å²) in [6.45, 7) is 2.15. The van der Waals surface area contributed by atoms with E-state index in [1.54, 1.807) is 6.08 Å². The van der Waals surface area contributed by atoms with Crippen LogP contribution in [-0.4, -0.2) is 11.9 Å². The average Bonchev–Trinajstić information content (AvgIpc) is 2.80. The van der Waals surface area contributed by atoms with E-state index >= 15 is 0 Å². The van der Waals surface area contributed by atoms with Gasteiger partial charge in [-0.05, 0) is 36.3 Å². The lowest BCUT2D eigenvalue weighted by atomic mass is 9.73. The standard InChI is InChI=1S/C19H16O2/c1-19-10-9-15(20)12-18(19)21-17-8-7-14(11-16(17)19)13-5-3-2-4-6-13/h2-11,18H,12H2,1H3. The molecule has 0 radical (unpaired) electrons. The van der Waals surface area contributed by atoms with Gasteiger partial charge in [-0.2, -0.15) is 0 Å². The zero-order valence-corrected chi connectivity index (χ0v) is 11.9. The molecule has 2 aliphatic rings. The second kappa shape index (κ2) is 4.32. The zero-order chi connectivity index (χ0) is 14.4. The van der Waals surface area contributed by atoms with Gasteiger partial charge in [0.1, 0.15) is 11.9 Å². The number of ether oxygens (including phenoxy) is 1. The van der Waals surface area contributed by atoms with E-state index < -0.39 is 0 Å². The molecule has 0 bridgehead atoms. The minimum atomic E-state index is -0.200. The summed E-state index contributed by atoms with van der Waals surface area (Å²) in [7, 11) is 0. The summed E-state index contributed by atoms with van der Waals surface area (Å²) in [5.74, 6) is 1.05. The van der Waals surface area contributed by atoms with Gasteiger partial charge in [-0.25, -0.2) is 0 Å². The Morgan fingerprint density at radius 1 is 1.10 bits per heavy atom. The van der Waals surface area contributed by atoms with Gasteiger partial charge in [0.05, 0.1) is 5.41 Å². The first-order valence-electron chi connectivity index (χ1n) is 7.25. The van der Waals surface area contributed by atoms with Crippen molar-refractivity contribution in [2.75, 3.05) is 0 Å². The van der Waals surface area contributed by atoms with Gasteiger partial charge in [-0.1, -0.05) is 42.5 Å². The predicted octanol–water partition coefficient (Wildman–Crippen LogP) is 3.90. The molecule has 1 aliphatic carbocycles. The Labute approximate surface area is 124 Å². The molecule has 2 heteroatoms. The molecule has 2 atom stereocenters. The monoisotopic (exact) mass is 276 g/mol. The summed E-state index contributed by atoms with van der Waals surface area (Å²) in [6.07, 6.45) is 4.09. The molecule has 0 saturated heterocycles. The van der Waals surface area contributed by atoms with Gasteiger partial charge in [0, 0.05) is 12.0 Å². The first-order valence-corrected chi connectivity index (χ1v) is 7.25. The van der Waals surface area contributed by atoms with E-state index in [0.717, 1.165) is 5.75 Å². The molecule has 0 fully saturated rings. The summed E-state index contributed by atoms with van der Waals surface area (Å²) in [4.78, 5) is 11.6. The number of hydrogen-bond acceptors (Lipinski definition) is 2. The number of carbonyl (C=O) groups excluding carboxylic acids is 1. The van der Waals surface area contributed by atoms with E-state index in [-0.39, 0.29) is 17.3 Å². The SMILES string of the molecule is CC12C=CC(=O)CC1Oc1ccc(-c3ccccc3)cc12. The van der Waals surface area contributed by atoms with Gasteiger partial charge in [0.25, 0.3) is 0 Å². The highest BCUT2D eigenvalue weighted by Crippen LogP contribution is 2.48. The number of rotatable bonds is 1. The second-order valence-corrected chi connectivity index (χ2v) is 5.97. The molecule has 1 aliphatic heterocycles. The van der Waals surface area contributed by atoms with Crippen LogP contribution in [0.15, 0.2) is 60.7 Å². The Morgan fingerprint density at radius 2 is 1.90 bits per heavy atom. The van der Waals surface area contributed by atoms with Crippen LogP contribution in [0.2, 0.25) is 0 Å². The Hall–Kier alpha value is -2.35. The fourth-order valence-electron chi connectivity index (χ4n) is 3.28. The van der Waals surface area contributed by atoms with Crippen molar-refractivity contribution in [3.8, 4) is 16.9 Å². The van der Waals surface area contributed by atoms with Gasteiger partial charge in [0.15, 0.2) is 5.78 Å². The van der Waals surface area contributed by atoms with Crippen molar-refractivity contribution >= 4 is 5.78 Å². The van der Waals surface area contributed by atoms with E-state index in [9.17, 15) is 4.79 Å². The van der Waals surface area contributed by atoms with Crippen molar-refractivity contribution in [1.29, 1.82) is 0 Å². The van der Waals surface area contributed by atoms with Crippen molar-refractivity contribution in [2.24, 2.45) is 0 Å². The third-order valence-electron chi connectivity index (χ3n) is 4.61. The van der Waals surface area contributed by atoms with E-state index in [1.807, 2.05) is 30.3 Å². The highest BCUT2D eigenvalue weighted by Gasteiger charge is 2.46. The normalized spacial score (nSPS) is 26.1. The maximum absolute atomic E-state index is 11.6. The number of fused-ring (bicyclic) bond motifs is 3. The van der Waals surface area contributed by atoms with E-state index in [1.165, 1.54) is 16.7 Å². The molecule has 0 aromatic heterocycles. The lowest BCUT2D eigenvalue weighted by Gasteiger charge is -2.29. The van der Waals surface area contributed by atoms with Crippen LogP contribution in [0, 0.1) is 0 Å². The van der Waals surface area contributed by atoms with Crippen molar-refractivity contribution in [3.05, 3.63) is 66.2 Å². The van der Waals surface area contributed by atoms with Gasteiger partial charge in [-0.3, -0.25) is 4.79 Å². The maximum Gasteiger partial charge on any atom is 0.159 e. The van der Waals surface area contributed by atoms with Crippen molar-refractivity contribution < 1.29 is 9.53 Å². The molecule has 0 saturated carbocycles. The fraction of sp³-hybridized carbons (Fsp3) is 0.211. The van der Waals surface area contributed by atoms with Gasteiger partial charge < -0.3 is 4.74 Å². The van der Waals surface area contributed by atoms with Crippen LogP contribution >= 0.6 is 0 Å². The van der Waals surface area contributed by atoms with E-state index in [4.69, 9.17) is 4.74 Å². The van der Waals surface area contributed by atoms with Crippen LogP contribution in [0.4, 0.5) is 0 Å².